The van der Waals surface area contributed by atoms with E-state index < -0.39 is 6.36 Å². The largest absolute Gasteiger partial charge is 0.573 e. The molecule has 0 spiro atoms. The summed E-state index contributed by atoms with van der Waals surface area (Å²) in [6.45, 7) is 0.126. The highest BCUT2D eigenvalue weighted by molar-refractivity contribution is 7.16. The highest BCUT2D eigenvalue weighted by Crippen LogP contribution is 2.31. The molecule has 9 heteroatoms. The fraction of sp³-hybridized carbons (Fsp3) is 0.231. The Morgan fingerprint density at radius 3 is 2.68 bits per heavy atom. The third kappa shape index (κ3) is 4.02. The van der Waals surface area contributed by atoms with Gasteiger partial charge in [0.25, 0.3) is 0 Å². The molecule has 0 aliphatic rings. The van der Waals surface area contributed by atoms with Crippen LogP contribution in [0.4, 0.5) is 18.3 Å². The molecule has 0 saturated heterocycles. The van der Waals surface area contributed by atoms with Gasteiger partial charge in [-0.05, 0) is 6.07 Å². The van der Waals surface area contributed by atoms with Gasteiger partial charge in [0.05, 0.1) is 0 Å². The van der Waals surface area contributed by atoms with Crippen LogP contribution in [-0.4, -0.2) is 18.4 Å². The Morgan fingerprint density at radius 1 is 1.41 bits per heavy atom. The number of nitriles is 1. The Bertz CT molecular complexity index is 711. The van der Waals surface area contributed by atoms with Gasteiger partial charge in [-0.2, -0.15) is 5.26 Å². The lowest BCUT2D eigenvalue weighted by Gasteiger charge is -2.18. The first-order valence-corrected chi connectivity index (χ1v) is 7.11. The molecule has 2 aromatic rings. The number of hydrogen-bond acceptors (Lipinski definition) is 5. The van der Waals surface area contributed by atoms with Crippen LogP contribution in [-0.2, 0) is 6.54 Å². The molecule has 0 aliphatic carbocycles. The highest BCUT2D eigenvalue weighted by Gasteiger charge is 2.32. The molecule has 0 bridgehead atoms. The average molecular weight is 348 g/mol. The smallest absolute Gasteiger partial charge is 0.405 e. The zero-order chi connectivity index (χ0) is 16.3. The highest BCUT2D eigenvalue weighted by atomic mass is 35.5. The number of anilines is 1. The van der Waals surface area contributed by atoms with E-state index in [0.29, 0.717) is 10.7 Å². The number of nitrogens with zero attached hydrogens (tertiary/aromatic N) is 3. The molecule has 0 unspecified atom stereocenters. The van der Waals surface area contributed by atoms with E-state index in [2.05, 4.69) is 9.72 Å². The normalized spacial score (nSPS) is 11.1. The zero-order valence-electron chi connectivity index (χ0n) is 11.2. The minimum absolute atomic E-state index is 0.0779. The summed E-state index contributed by atoms with van der Waals surface area (Å²) in [5, 5.41) is 9.36. The maximum Gasteiger partial charge on any atom is 0.573 e. The fourth-order valence-electron chi connectivity index (χ4n) is 1.71. The van der Waals surface area contributed by atoms with Crippen molar-refractivity contribution in [3.63, 3.8) is 0 Å². The monoisotopic (exact) mass is 347 g/mol. The van der Waals surface area contributed by atoms with Crippen LogP contribution >= 0.6 is 22.9 Å². The summed E-state index contributed by atoms with van der Waals surface area (Å²) >= 11 is 6.85. The van der Waals surface area contributed by atoms with Crippen molar-refractivity contribution in [2.45, 2.75) is 12.9 Å². The van der Waals surface area contributed by atoms with Crippen LogP contribution in [0.5, 0.6) is 5.75 Å². The lowest BCUT2D eigenvalue weighted by molar-refractivity contribution is -0.274. The summed E-state index contributed by atoms with van der Waals surface area (Å²) < 4.78 is 41.2. The SMILES string of the molecule is CN(Cc1ccccc1OC(F)(F)F)c1nc(Cl)c(C#N)s1. The summed E-state index contributed by atoms with van der Waals surface area (Å²) in [5.41, 5.74) is 0.340. The first-order chi connectivity index (χ1) is 10.3. The van der Waals surface area contributed by atoms with E-state index in [1.54, 1.807) is 18.0 Å². The predicted molar refractivity (Wildman–Crippen MR) is 77.1 cm³/mol. The van der Waals surface area contributed by atoms with Crippen molar-refractivity contribution >= 4 is 28.1 Å². The van der Waals surface area contributed by atoms with E-state index in [-0.39, 0.29) is 22.3 Å². The second-order valence-corrected chi connectivity index (χ2v) is 5.58. The molecular formula is C13H9ClF3N3OS. The molecule has 22 heavy (non-hydrogen) atoms. The quantitative estimate of drug-likeness (QED) is 0.831. The molecule has 1 aromatic carbocycles. The average Bonchev–Trinajstić information content (AvgIpc) is 2.80. The van der Waals surface area contributed by atoms with Gasteiger partial charge in [-0.25, -0.2) is 4.98 Å². The topological polar surface area (TPSA) is 49.1 Å². The van der Waals surface area contributed by atoms with Crippen molar-refractivity contribution in [2.75, 3.05) is 11.9 Å². The first kappa shape index (κ1) is 16.4. The molecule has 4 nitrogen and oxygen atoms in total. The molecular weight excluding hydrogens is 339 g/mol. The number of para-hydroxylation sites is 1. The molecule has 0 radical (unpaired) electrons. The van der Waals surface area contributed by atoms with E-state index in [4.69, 9.17) is 16.9 Å². The van der Waals surface area contributed by atoms with Gasteiger partial charge in [0.2, 0.25) is 0 Å². The summed E-state index contributed by atoms with van der Waals surface area (Å²) in [5.74, 6) is -0.273. The van der Waals surface area contributed by atoms with Gasteiger partial charge in [-0.15, -0.1) is 13.2 Å². The number of alkyl halides is 3. The summed E-state index contributed by atoms with van der Waals surface area (Å²) in [6.07, 6.45) is -4.76. The van der Waals surface area contributed by atoms with Gasteiger partial charge < -0.3 is 9.64 Å². The van der Waals surface area contributed by atoms with Crippen LogP contribution in [0.2, 0.25) is 5.15 Å². The van der Waals surface area contributed by atoms with E-state index >= 15 is 0 Å². The number of hydrogen-bond donors (Lipinski definition) is 0. The van der Waals surface area contributed by atoms with Gasteiger partial charge in [-0.1, -0.05) is 41.1 Å². The van der Waals surface area contributed by atoms with Crippen LogP contribution in [0.15, 0.2) is 24.3 Å². The number of rotatable bonds is 4. The van der Waals surface area contributed by atoms with Crippen LogP contribution < -0.4 is 9.64 Å². The van der Waals surface area contributed by atoms with Gasteiger partial charge >= 0.3 is 6.36 Å². The van der Waals surface area contributed by atoms with E-state index in [1.165, 1.54) is 18.2 Å². The van der Waals surface area contributed by atoms with Crippen LogP contribution in [0.25, 0.3) is 0 Å². The van der Waals surface area contributed by atoms with Gasteiger partial charge in [0.15, 0.2) is 10.3 Å². The van der Waals surface area contributed by atoms with Gasteiger partial charge in [0, 0.05) is 19.2 Å². The Morgan fingerprint density at radius 2 is 2.09 bits per heavy atom. The molecule has 0 saturated carbocycles. The molecule has 0 amide bonds. The van der Waals surface area contributed by atoms with Crippen LogP contribution in [0.3, 0.4) is 0 Å². The van der Waals surface area contributed by atoms with Crippen molar-refractivity contribution in [3.05, 3.63) is 39.9 Å². The number of thiazole rings is 1. The summed E-state index contributed by atoms with van der Waals surface area (Å²) in [4.78, 5) is 5.85. The van der Waals surface area contributed by atoms with E-state index in [9.17, 15) is 13.2 Å². The number of aromatic nitrogens is 1. The molecule has 0 fully saturated rings. The molecule has 1 aromatic heterocycles. The van der Waals surface area contributed by atoms with Crippen LogP contribution in [0.1, 0.15) is 10.4 Å². The second kappa shape index (κ2) is 6.42. The number of ether oxygens (including phenoxy) is 1. The fourth-order valence-corrected chi connectivity index (χ4v) is 2.71. The lowest BCUT2D eigenvalue weighted by atomic mass is 10.2. The van der Waals surface area contributed by atoms with Crippen molar-refractivity contribution in [1.82, 2.24) is 4.98 Å². The third-order valence-corrected chi connectivity index (χ3v) is 4.07. The summed E-state index contributed by atoms with van der Waals surface area (Å²) in [7, 11) is 1.64. The van der Waals surface area contributed by atoms with Crippen LogP contribution in [0, 0.1) is 11.3 Å². The molecule has 116 valence electrons. The van der Waals surface area contributed by atoms with Gasteiger partial charge in [0.1, 0.15) is 16.7 Å². The van der Waals surface area contributed by atoms with E-state index in [0.717, 1.165) is 11.3 Å². The number of benzene rings is 1. The summed E-state index contributed by atoms with van der Waals surface area (Å²) in [6, 6.07) is 7.74. The van der Waals surface area contributed by atoms with E-state index in [1.807, 2.05) is 6.07 Å². The molecule has 2 rings (SSSR count). The van der Waals surface area contributed by atoms with Gasteiger partial charge in [-0.3, -0.25) is 0 Å². The molecule has 0 N–H and O–H groups in total. The Kier molecular flexibility index (Phi) is 4.78. The third-order valence-electron chi connectivity index (χ3n) is 2.61. The maximum atomic E-state index is 12.4. The van der Waals surface area contributed by atoms with Crippen molar-refractivity contribution in [3.8, 4) is 11.8 Å². The Balaban J connectivity index is 2.21. The Labute approximate surface area is 133 Å². The zero-order valence-corrected chi connectivity index (χ0v) is 12.8. The maximum absolute atomic E-state index is 12.4. The predicted octanol–water partition coefficient (Wildman–Crippen LogP) is 4.20. The minimum atomic E-state index is -4.76. The van der Waals surface area contributed by atoms with Crippen molar-refractivity contribution < 1.29 is 17.9 Å². The van der Waals surface area contributed by atoms with Crippen molar-refractivity contribution in [2.24, 2.45) is 0 Å². The minimum Gasteiger partial charge on any atom is -0.405 e. The molecule has 1 heterocycles. The molecule has 0 aliphatic heterocycles. The first-order valence-electron chi connectivity index (χ1n) is 5.91. The standard InChI is InChI=1S/C13H9ClF3N3OS/c1-20(12-19-11(14)10(6-18)22-12)7-8-4-2-3-5-9(8)21-13(15,16)17/h2-5H,7H2,1H3. The Hall–Kier alpha value is -1.98. The number of halogens is 4. The second-order valence-electron chi connectivity index (χ2n) is 4.24. The van der Waals surface area contributed by atoms with Crippen molar-refractivity contribution in [1.29, 1.82) is 5.26 Å². The molecule has 0 atom stereocenters. The lowest BCUT2D eigenvalue weighted by Crippen LogP contribution is -2.21.